The highest BCUT2D eigenvalue weighted by atomic mass is 16.5. The van der Waals surface area contributed by atoms with E-state index in [4.69, 9.17) is 18.9 Å². The van der Waals surface area contributed by atoms with Crippen molar-refractivity contribution in [2.24, 2.45) is 0 Å². The molecular weight excluding hydrogens is 791 g/mol. The van der Waals surface area contributed by atoms with Gasteiger partial charge in [-0.15, -0.1) is 0 Å². The summed E-state index contributed by atoms with van der Waals surface area (Å²) in [6.45, 7) is 2.36. The fourth-order valence-corrected chi connectivity index (χ4v) is 8.76. The van der Waals surface area contributed by atoms with E-state index in [-0.39, 0.29) is 42.6 Å². The van der Waals surface area contributed by atoms with Gasteiger partial charge in [0.1, 0.15) is 31.1 Å². The third-order valence-corrected chi connectivity index (χ3v) is 11.9. The summed E-state index contributed by atoms with van der Waals surface area (Å²) >= 11 is 0. The Bertz CT molecular complexity index is 2510. The maximum Gasteiger partial charge on any atom is 0.261 e. The highest BCUT2D eigenvalue weighted by Crippen LogP contribution is 2.43. The Labute approximate surface area is 358 Å². The van der Waals surface area contributed by atoms with E-state index >= 15 is 0 Å². The van der Waals surface area contributed by atoms with Crippen LogP contribution in [0.5, 0.6) is 23.0 Å². The lowest BCUT2D eigenvalue weighted by atomic mass is 10.1. The lowest BCUT2D eigenvalue weighted by Gasteiger charge is -2.22. The van der Waals surface area contributed by atoms with Crippen LogP contribution in [0, 0.1) is 0 Å². The Hall–Kier alpha value is -7.35. The molecule has 4 aliphatic heterocycles. The second-order valence-corrected chi connectivity index (χ2v) is 15.9. The molecule has 62 heavy (non-hydrogen) atoms. The minimum Gasteiger partial charge on any atom is -0.493 e. The van der Waals surface area contributed by atoms with Crippen LogP contribution >= 0.6 is 0 Å². The number of benzene rings is 5. The lowest BCUT2D eigenvalue weighted by molar-refractivity contribution is -0.117. The van der Waals surface area contributed by atoms with Crippen LogP contribution in [0.2, 0.25) is 0 Å². The van der Waals surface area contributed by atoms with E-state index in [1.54, 1.807) is 41.0 Å². The molecule has 4 amide bonds. The molecule has 5 aromatic carbocycles. The van der Waals surface area contributed by atoms with Crippen molar-refractivity contribution in [2.75, 3.05) is 53.1 Å². The molecule has 5 aromatic rings. The van der Waals surface area contributed by atoms with Crippen molar-refractivity contribution in [2.45, 2.75) is 57.9 Å². The number of methoxy groups -OCH3 is 2. The van der Waals surface area contributed by atoms with Crippen LogP contribution in [0.1, 0.15) is 62.7 Å². The number of amides is 4. The Balaban J connectivity index is 0.982. The number of fused-ring (bicyclic) bond motifs is 8. The minimum absolute atomic E-state index is 0.0817. The summed E-state index contributed by atoms with van der Waals surface area (Å²) in [6.07, 6.45) is 1.95. The summed E-state index contributed by atoms with van der Waals surface area (Å²) in [6, 6.07) is 26.0. The van der Waals surface area contributed by atoms with E-state index < -0.39 is 12.1 Å². The zero-order valence-electron chi connectivity index (χ0n) is 34.8. The molecule has 2 N–H and O–H groups in total. The predicted octanol–water partition coefficient (Wildman–Crippen LogP) is 6.71. The van der Waals surface area contributed by atoms with Gasteiger partial charge in [0.25, 0.3) is 11.8 Å². The first-order valence-corrected chi connectivity index (χ1v) is 20.5. The molecule has 316 valence electrons. The summed E-state index contributed by atoms with van der Waals surface area (Å²) in [7, 11) is 4.94. The summed E-state index contributed by atoms with van der Waals surface area (Å²) in [5.74, 6) is 0.216. The molecule has 4 aliphatic rings. The number of rotatable bonds is 13. The Morgan fingerprint density at radius 1 is 0.661 bits per heavy atom. The van der Waals surface area contributed by atoms with Crippen molar-refractivity contribution in [1.82, 2.24) is 0 Å². The van der Waals surface area contributed by atoms with Crippen LogP contribution in [-0.2, 0) is 40.4 Å². The van der Waals surface area contributed by atoms with Crippen LogP contribution < -0.4 is 44.3 Å². The molecule has 0 fully saturated rings. The maximum absolute atomic E-state index is 14.0. The van der Waals surface area contributed by atoms with Crippen LogP contribution in [0.15, 0.2) is 91.0 Å². The summed E-state index contributed by atoms with van der Waals surface area (Å²) in [5.41, 5.74) is 6.94. The van der Waals surface area contributed by atoms with E-state index in [0.29, 0.717) is 89.1 Å². The van der Waals surface area contributed by atoms with E-state index in [2.05, 4.69) is 15.5 Å². The van der Waals surface area contributed by atoms with E-state index in [9.17, 15) is 24.0 Å². The number of nitrogens with zero attached hydrogens (tertiary/aromatic N) is 3. The second-order valence-electron chi connectivity index (χ2n) is 15.9. The molecule has 4 heterocycles. The molecule has 0 aromatic heterocycles. The van der Waals surface area contributed by atoms with Gasteiger partial charge in [0.15, 0.2) is 23.0 Å². The average Bonchev–Trinajstić information content (AvgIpc) is 3.82. The van der Waals surface area contributed by atoms with Crippen molar-refractivity contribution < 1.29 is 42.9 Å². The summed E-state index contributed by atoms with van der Waals surface area (Å²) < 4.78 is 24.2. The maximum atomic E-state index is 14.0. The first-order valence-electron chi connectivity index (χ1n) is 20.5. The second kappa shape index (κ2) is 16.3. The van der Waals surface area contributed by atoms with Crippen LogP contribution in [-0.4, -0.2) is 69.3 Å². The quantitative estimate of drug-likeness (QED) is 0.131. The van der Waals surface area contributed by atoms with Gasteiger partial charge in [0, 0.05) is 62.0 Å². The van der Waals surface area contributed by atoms with E-state index in [1.807, 2.05) is 73.8 Å². The Morgan fingerprint density at radius 3 is 1.58 bits per heavy atom. The first kappa shape index (κ1) is 40.1. The molecule has 0 aliphatic carbocycles. The SMILES string of the molecule is COc1cc2c(cc1OCc1cc(COc3cc4c(cc3OC)C(=O)N3c5ccccc5C[C@H]3C(=O)N4)cc(N(C)CCCC(C)=O)c1)NC(=O)[C@@H]1Cc3ccccc3N1C2=O. The number of Topliss-reactive ketones (excluding diaryl/α,β-unsaturated/α-hetero) is 1. The Kier molecular flexibility index (Phi) is 10.5. The third kappa shape index (κ3) is 7.31. The minimum atomic E-state index is -0.679. The first-order chi connectivity index (χ1) is 30.0. The van der Waals surface area contributed by atoms with E-state index in [0.717, 1.165) is 27.9 Å². The van der Waals surface area contributed by atoms with Crippen molar-refractivity contribution in [1.29, 1.82) is 0 Å². The number of hydrogen-bond acceptors (Lipinski definition) is 10. The van der Waals surface area contributed by atoms with Crippen molar-refractivity contribution in [3.63, 3.8) is 0 Å². The zero-order valence-corrected chi connectivity index (χ0v) is 34.8. The van der Waals surface area contributed by atoms with Crippen molar-refractivity contribution in [3.8, 4) is 23.0 Å². The van der Waals surface area contributed by atoms with Crippen LogP contribution in [0.25, 0.3) is 0 Å². The monoisotopic (exact) mass is 835 g/mol. The highest BCUT2D eigenvalue weighted by Gasteiger charge is 2.43. The molecule has 0 saturated heterocycles. The largest absolute Gasteiger partial charge is 0.493 e. The van der Waals surface area contributed by atoms with Crippen LogP contribution in [0.4, 0.5) is 28.4 Å². The van der Waals surface area contributed by atoms with Crippen LogP contribution in [0.3, 0.4) is 0 Å². The Morgan fingerprint density at radius 2 is 1.13 bits per heavy atom. The topological polar surface area (TPSA) is 156 Å². The van der Waals surface area contributed by atoms with E-state index in [1.165, 1.54) is 14.2 Å². The van der Waals surface area contributed by atoms with Gasteiger partial charge in [-0.3, -0.25) is 29.0 Å². The van der Waals surface area contributed by atoms with Gasteiger partial charge in [-0.25, -0.2) is 0 Å². The number of carbonyl (C=O) groups is 5. The molecule has 0 unspecified atom stereocenters. The molecule has 14 heteroatoms. The van der Waals surface area contributed by atoms with Crippen molar-refractivity contribution >= 4 is 57.8 Å². The van der Waals surface area contributed by atoms with Gasteiger partial charge >= 0.3 is 0 Å². The molecule has 9 rings (SSSR count). The van der Waals surface area contributed by atoms with Gasteiger partial charge in [-0.05, 0) is 78.1 Å². The molecule has 0 spiro atoms. The predicted molar refractivity (Wildman–Crippen MR) is 233 cm³/mol. The fourth-order valence-electron chi connectivity index (χ4n) is 8.76. The number of nitrogens with one attached hydrogen (secondary N) is 2. The average molecular weight is 836 g/mol. The molecule has 0 saturated carbocycles. The number of ketones is 1. The number of anilines is 5. The van der Waals surface area contributed by atoms with Gasteiger partial charge in [-0.2, -0.15) is 0 Å². The molecule has 14 nitrogen and oxygen atoms in total. The molecule has 2 atom stereocenters. The number of hydrogen-bond donors (Lipinski definition) is 2. The zero-order chi connectivity index (χ0) is 43.2. The number of carbonyl (C=O) groups excluding carboxylic acids is 5. The van der Waals surface area contributed by atoms with Crippen molar-refractivity contribution in [3.05, 3.63) is 124 Å². The number of para-hydroxylation sites is 2. The molecule has 0 radical (unpaired) electrons. The molecule has 0 bridgehead atoms. The van der Waals surface area contributed by atoms with Gasteiger partial charge in [0.2, 0.25) is 11.8 Å². The van der Waals surface area contributed by atoms with Gasteiger partial charge in [-0.1, -0.05) is 36.4 Å². The smallest absolute Gasteiger partial charge is 0.261 e. The highest BCUT2D eigenvalue weighted by molar-refractivity contribution is 6.21. The third-order valence-electron chi connectivity index (χ3n) is 11.9. The summed E-state index contributed by atoms with van der Waals surface area (Å²) in [5, 5.41) is 5.91. The number of ether oxygens (including phenoxy) is 4. The fraction of sp³-hybridized carbons (Fsp3) is 0.271. The summed E-state index contributed by atoms with van der Waals surface area (Å²) in [4.78, 5) is 71.9. The molecular formula is C48H45N5O9. The van der Waals surface area contributed by atoms with Gasteiger partial charge in [0.05, 0.1) is 36.7 Å². The standard InChI is InChI=1S/C48H45N5O9/c1-27(54)10-9-15-51(2)32-17-28(25-61-43-23-35-33(21-41(43)59-3)47(57)52-37-13-7-5-11-30(37)19-39(52)45(55)49-35)16-29(18-32)26-62-44-24-36-34(22-42(44)60-4)48(58)53-38-14-8-6-12-31(38)20-40(53)46(56)50-36/h5-8,11-14,16-18,21-24,39-40H,9-10,15,19-20,25-26H2,1-4H3,(H,49,55)(H,50,56)/t39-,40-/m0/s1. The van der Waals surface area contributed by atoms with Gasteiger partial charge < -0.3 is 39.3 Å². The lowest BCUT2D eigenvalue weighted by Crippen LogP contribution is -2.42. The normalized spacial score (nSPS) is 17.0.